The Morgan fingerprint density at radius 1 is 1.09 bits per heavy atom. The lowest BCUT2D eigenvalue weighted by Crippen LogP contribution is -2.22. The third-order valence-electron chi connectivity index (χ3n) is 3.31. The molecule has 0 aliphatic rings. The molecule has 0 fully saturated rings. The van der Waals surface area contributed by atoms with E-state index in [1.807, 2.05) is 24.3 Å². The van der Waals surface area contributed by atoms with E-state index < -0.39 is 5.97 Å². The Morgan fingerprint density at radius 3 is 2.32 bits per heavy atom. The molecule has 110 valence electrons. The Kier molecular flexibility index (Phi) is 3.68. The molecule has 6 heteroatoms. The normalized spacial score (nSPS) is 10.6. The molecule has 22 heavy (non-hydrogen) atoms. The number of nitrogens with zero attached hydrogens (tertiary/aromatic N) is 2. The zero-order valence-corrected chi connectivity index (χ0v) is 12.9. The molecule has 0 radical (unpaired) electrons. The first-order chi connectivity index (χ1) is 10.6. The van der Waals surface area contributed by atoms with Gasteiger partial charge in [-0.3, -0.25) is 0 Å². The molecular weight excluding hydrogens is 346 g/mol. The maximum Gasteiger partial charge on any atom is 0.135 e. The van der Waals surface area contributed by atoms with Crippen molar-refractivity contribution in [1.29, 1.82) is 0 Å². The number of carboxylic acid groups (broad SMARTS) is 1. The summed E-state index contributed by atoms with van der Waals surface area (Å²) in [5.74, 6) is -0.723. The maximum atomic E-state index is 10.8. The minimum absolute atomic E-state index is 0.114. The smallest absolute Gasteiger partial charge is 0.135 e. The van der Waals surface area contributed by atoms with E-state index in [-0.39, 0.29) is 5.56 Å². The van der Waals surface area contributed by atoms with Crippen molar-refractivity contribution >= 4 is 27.7 Å². The summed E-state index contributed by atoms with van der Waals surface area (Å²) in [4.78, 5) is 10.8. The van der Waals surface area contributed by atoms with Crippen LogP contribution in [0.25, 0.3) is 16.8 Å². The first kappa shape index (κ1) is 14.3. The van der Waals surface area contributed by atoms with Crippen LogP contribution in [-0.4, -0.2) is 15.7 Å². The number of anilines is 1. The predicted molar refractivity (Wildman–Crippen MR) is 85.4 cm³/mol. The number of nitrogen functional groups attached to an aromatic ring is 1. The fourth-order valence-electron chi connectivity index (χ4n) is 2.15. The van der Waals surface area contributed by atoms with E-state index >= 15 is 0 Å². The van der Waals surface area contributed by atoms with Gasteiger partial charge in [0.25, 0.3) is 0 Å². The highest BCUT2D eigenvalue weighted by molar-refractivity contribution is 9.10. The number of benzene rings is 2. The summed E-state index contributed by atoms with van der Waals surface area (Å²) in [6.07, 6.45) is 1.69. The predicted octanol–water partition coefficient (Wildman–Crippen LogP) is 2.25. The average Bonchev–Trinajstić information content (AvgIpc) is 2.90. The van der Waals surface area contributed by atoms with Gasteiger partial charge in [-0.1, -0.05) is 40.2 Å². The van der Waals surface area contributed by atoms with Crippen molar-refractivity contribution in [2.45, 2.75) is 0 Å². The molecule has 1 heterocycles. The number of carboxylic acids is 1. The van der Waals surface area contributed by atoms with Gasteiger partial charge in [0.05, 0.1) is 17.9 Å². The van der Waals surface area contributed by atoms with E-state index in [1.165, 1.54) is 12.1 Å². The number of rotatable bonds is 3. The standard InChI is InChI=1S/C16H12BrN3O2/c17-12-5-1-10(2-6-12)14-9-19-20(15(14)18)13-7-3-11(4-8-13)16(21)22/h1-9H,18H2,(H,21,22)/p-1. The molecule has 1 aromatic heterocycles. The molecule has 0 bridgehead atoms. The molecule has 0 unspecified atom stereocenters. The van der Waals surface area contributed by atoms with E-state index in [9.17, 15) is 9.90 Å². The van der Waals surface area contributed by atoms with Gasteiger partial charge in [-0.15, -0.1) is 0 Å². The van der Waals surface area contributed by atoms with Crippen LogP contribution in [0.5, 0.6) is 0 Å². The largest absolute Gasteiger partial charge is 0.545 e. The lowest BCUT2D eigenvalue weighted by molar-refractivity contribution is -0.255. The average molecular weight is 357 g/mol. The molecule has 5 nitrogen and oxygen atoms in total. The molecule has 2 aromatic carbocycles. The molecule has 0 aliphatic heterocycles. The molecule has 2 N–H and O–H groups in total. The summed E-state index contributed by atoms with van der Waals surface area (Å²) >= 11 is 3.39. The number of halogens is 1. The summed E-state index contributed by atoms with van der Waals surface area (Å²) in [6, 6.07) is 14.0. The highest BCUT2D eigenvalue weighted by atomic mass is 79.9. The zero-order chi connectivity index (χ0) is 15.7. The van der Waals surface area contributed by atoms with Crippen LogP contribution in [0.3, 0.4) is 0 Å². The van der Waals surface area contributed by atoms with Gasteiger partial charge in [0, 0.05) is 10.0 Å². The summed E-state index contributed by atoms with van der Waals surface area (Å²) in [7, 11) is 0. The highest BCUT2D eigenvalue weighted by Gasteiger charge is 2.11. The van der Waals surface area contributed by atoms with Gasteiger partial charge >= 0.3 is 0 Å². The second-order valence-electron chi connectivity index (χ2n) is 4.70. The molecule has 0 saturated heterocycles. The van der Waals surface area contributed by atoms with Crippen molar-refractivity contribution in [3.05, 3.63) is 64.8 Å². The number of nitrogens with two attached hydrogens (primary N) is 1. The van der Waals surface area contributed by atoms with Gasteiger partial charge < -0.3 is 15.6 Å². The van der Waals surface area contributed by atoms with E-state index in [1.54, 1.807) is 23.0 Å². The second kappa shape index (κ2) is 5.65. The number of hydrogen-bond donors (Lipinski definition) is 1. The number of aromatic nitrogens is 2. The maximum absolute atomic E-state index is 10.8. The minimum Gasteiger partial charge on any atom is -0.545 e. The van der Waals surface area contributed by atoms with E-state index in [2.05, 4.69) is 21.0 Å². The van der Waals surface area contributed by atoms with Gasteiger partial charge in [-0.25, -0.2) is 4.68 Å². The lowest BCUT2D eigenvalue weighted by Gasteiger charge is -2.07. The van der Waals surface area contributed by atoms with Crippen LogP contribution in [0.4, 0.5) is 5.82 Å². The second-order valence-corrected chi connectivity index (χ2v) is 5.61. The van der Waals surface area contributed by atoms with Gasteiger partial charge in [-0.05, 0) is 35.4 Å². The molecule has 3 aromatic rings. The van der Waals surface area contributed by atoms with Crippen LogP contribution in [0.1, 0.15) is 10.4 Å². The van der Waals surface area contributed by atoms with Gasteiger partial charge in [-0.2, -0.15) is 5.10 Å². The summed E-state index contributed by atoms with van der Waals surface area (Å²) in [5.41, 5.74) is 8.74. The van der Waals surface area contributed by atoms with Crippen LogP contribution in [0.2, 0.25) is 0 Å². The van der Waals surface area contributed by atoms with Crippen LogP contribution in [0.15, 0.2) is 59.2 Å². The van der Waals surface area contributed by atoms with E-state index in [0.29, 0.717) is 11.5 Å². The number of hydrogen-bond acceptors (Lipinski definition) is 4. The number of aromatic carboxylic acids is 1. The Balaban J connectivity index is 1.99. The van der Waals surface area contributed by atoms with Crippen LogP contribution < -0.4 is 10.8 Å². The van der Waals surface area contributed by atoms with Crippen molar-refractivity contribution in [2.75, 3.05) is 5.73 Å². The zero-order valence-electron chi connectivity index (χ0n) is 11.4. The topological polar surface area (TPSA) is 84.0 Å². The van der Waals surface area contributed by atoms with Crippen LogP contribution >= 0.6 is 15.9 Å². The fraction of sp³-hybridized carbons (Fsp3) is 0. The van der Waals surface area contributed by atoms with E-state index in [0.717, 1.165) is 15.6 Å². The Labute approximate surface area is 135 Å². The highest BCUT2D eigenvalue weighted by Crippen LogP contribution is 2.28. The van der Waals surface area contributed by atoms with E-state index in [4.69, 9.17) is 5.73 Å². The third-order valence-corrected chi connectivity index (χ3v) is 3.84. The Bertz CT molecular complexity index is 824. The van der Waals surface area contributed by atoms with Gasteiger partial charge in [0.2, 0.25) is 0 Å². The van der Waals surface area contributed by atoms with Crippen molar-refractivity contribution in [1.82, 2.24) is 9.78 Å². The summed E-state index contributed by atoms with van der Waals surface area (Å²) < 4.78 is 2.55. The Morgan fingerprint density at radius 2 is 1.73 bits per heavy atom. The quantitative estimate of drug-likeness (QED) is 0.779. The monoisotopic (exact) mass is 356 g/mol. The molecule has 0 spiro atoms. The van der Waals surface area contributed by atoms with Crippen molar-refractivity contribution in [3.63, 3.8) is 0 Å². The SMILES string of the molecule is Nc1c(-c2ccc(Br)cc2)cnn1-c1ccc(C(=O)[O-])cc1. The third kappa shape index (κ3) is 2.60. The van der Waals surface area contributed by atoms with Crippen molar-refractivity contribution in [3.8, 4) is 16.8 Å². The van der Waals surface area contributed by atoms with Crippen molar-refractivity contribution < 1.29 is 9.90 Å². The van der Waals surface area contributed by atoms with Crippen LogP contribution in [0, 0.1) is 0 Å². The molecule has 0 saturated carbocycles. The summed E-state index contributed by atoms with van der Waals surface area (Å²) in [6.45, 7) is 0. The van der Waals surface area contributed by atoms with Crippen LogP contribution in [-0.2, 0) is 0 Å². The fourth-order valence-corrected chi connectivity index (χ4v) is 2.42. The van der Waals surface area contributed by atoms with Crippen molar-refractivity contribution in [2.24, 2.45) is 0 Å². The number of carbonyl (C=O) groups excluding carboxylic acids is 1. The minimum atomic E-state index is -1.21. The first-order valence-corrected chi connectivity index (χ1v) is 7.27. The lowest BCUT2D eigenvalue weighted by atomic mass is 10.1. The van der Waals surface area contributed by atoms with Gasteiger partial charge in [0.15, 0.2) is 0 Å². The van der Waals surface area contributed by atoms with Gasteiger partial charge in [0.1, 0.15) is 5.82 Å². The molecule has 0 atom stereocenters. The number of carbonyl (C=O) groups is 1. The Hall–Kier alpha value is -2.60. The molecule has 0 amide bonds. The molecule has 3 rings (SSSR count). The molecular formula is C16H11BrN3O2-. The molecule has 0 aliphatic carbocycles. The summed E-state index contributed by atoms with van der Waals surface area (Å²) in [5, 5.41) is 15.0. The first-order valence-electron chi connectivity index (χ1n) is 6.47.